The fraction of sp³-hybridized carbons (Fsp3) is 0.434. The zero-order chi connectivity index (χ0) is 107. The molecular formula is C99H130ClN13O23S9. The highest BCUT2D eigenvalue weighted by Gasteiger charge is 2.37. The number of furan rings is 4. The molecule has 0 saturated carbocycles. The van der Waals surface area contributed by atoms with Gasteiger partial charge in [0.05, 0.1) is 47.0 Å². The van der Waals surface area contributed by atoms with Crippen molar-refractivity contribution in [3.8, 4) is 17.2 Å². The normalized spacial score (nSPS) is 17.0. The number of hydrogen-bond acceptors (Lipinski definition) is 36. The number of thioether (sulfide) groups is 4. The van der Waals surface area contributed by atoms with Gasteiger partial charge >= 0.3 is 0 Å². The molecule has 10 heterocycles. The summed E-state index contributed by atoms with van der Waals surface area (Å²) in [7, 11) is -1.81. The molecule has 0 amide bonds. The number of rotatable bonds is 25. The number of phenolic OH excluding ortho intramolecular Hbond substituents is 2. The average molecular weight is 2190 g/mol. The van der Waals surface area contributed by atoms with Crippen LogP contribution in [0.2, 0.25) is 0 Å². The van der Waals surface area contributed by atoms with Gasteiger partial charge in [0.25, 0.3) is 30.8 Å². The molecule has 6 unspecified atom stereocenters. The van der Waals surface area contributed by atoms with Crippen molar-refractivity contribution in [2.75, 3.05) is 108 Å². The van der Waals surface area contributed by atoms with Crippen molar-refractivity contribution in [3.05, 3.63) is 244 Å². The van der Waals surface area contributed by atoms with Crippen molar-refractivity contribution in [2.45, 2.75) is 215 Å². The minimum atomic E-state index is -3.86. The molecule has 0 aliphatic carbocycles. The molecule has 13 aromatic rings. The summed E-state index contributed by atoms with van der Waals surface area (Å²) < 4.78 is 163. The zero-order valence-corrected chi connectivity index (χ0v) is 92.7. The van der Waals surface area contributed by atoms with Crippen molar-refractivity contribution in [3.63, 3.8) is 0 Å². The SMILES string of the molecule is CC(C)(C)c1nc2cccc(S(=O)(=O)Cl)c2o1.CCOc1c(Nc2cccc(S(=O)(=O)N(C)C)c2O)c(=O)c1=O.CN(C)S(=O)(=O)c1cccc(N)c1O.CN(C)S(=O)(=O)c1cccc2nc(C(C)(C)C)oc12.Cc1ccc(C(N)C2CCCS2)o1.Cc1ccc(C(N)[C@@H]2CCCS2)o1.Cc1ccc(C(N)[C@H]2CCCS2)o1.Cc1ccc(C(Nc2c(Nc3cccc(S(=O)(=O)N(C)C)c3C)c(=O)c2=O)C2CCCS2)o1. The van der Waals surface area contributed by atoms with E-state index < -0.39 is 82.4 Å². The topological polar surface area (TPSA) is 546 Å². The first-order valence-electron chi connectivity index (χ1n) is 46.4. The van der Waals surface area contributed by atoms with Crippen LogP contribution in [0.1, 0.15) is 187 Å². The van der Waals surface area contributed by atoms with Gasteiger partial charge in [-0.2, -0.15) is 47.0 Å². The van der Waals surface area contributed by atoms with Crippen LogP contribution in [0, 0.1) is 34.6 Å². The van der Waals surface area contributed by atoms with Crippen LogP contribution in [0.3, 0.4) is 0 Å². The predicted octanol–water partition coefficient (Wildman–Crippen LogP) is 17.0. The maximum Gasteiger partial charge on any atom is 0.272 e. The summed E-state index contributed by atoms with van der Waals surface area (Å²) in [4.78, 5) is 56.4. The molecule has 4 aliphatic rings. The van der Waals surface area contributed by atoms with E-state index in [1.807, 2.05) is 165 Å². The first kappa shape index (κ1) is 117. The highest BCUT2D eigenvalue weighted by atomic mass is 35.7. The monoisotopic (exact) mass is 2190 g/mol. The Hall–Kier alpha value is -9.92. The number of aryl methyl sites for hydroxylation is 4. The molecule has 4 saturated heterocycles. The van der Waals surface area contributed by atoms with Crippen LogP contribution in [0.5, 0.6) is 17.2 Å². The van der Waals surface area contributed by atoms with E-state index in [9.17, 15) is 71.5 Å². The third-order valence-corrected chi connectivity index (χ3v) is 38.0. The third-order valence-electron chi connectivity index (χ3n) is 23.3. The number of aromatic hydroxyl groups is 2. The van der Waals surface area contributed by atoms with Crippen LogP contribution in [0.25, 0.3) is 22.2 Å². The average Bonchev–Trinajstić information content (AvgIpc) is 1.76. The number of anilines is 6. The van der Waals surface area contributed by atoms with E-state index in [1.54, 1.807) is 50.2 Å². The third kappa shape index (κ3) is 28.8. The lowest BCUT2D eigenvalue weighted by Crippen LogP contribution is -2.38. The maximum atomic E-state index is 12.6. The van der Waals surface area contributed by atoms with Gasteiger partial charge in [-0.25, -0.2) is 69.3 Å². The Morgan fingerprint density at radius 1 is 0.421 bits per heavy atom. The molecule has 4 fully saturated rings. The van der Waals surface area contributed by atoms with Gasteiger partial charge in [-0.3, -0.25) is 19.2 Å². The second-order valence-electron chi connectivity index (χ2n) is 37.3. The summed E-state index contributed by atoms with van der Waals surface area (Å²) in [5.74, 6) is 11.9. The van der Waals surface area contributed by atoms with E-state index in [0.717, 1.165) is 77.6 Å². The van der Waals surface area contributed by atoms with Gasteiger partial charge in [-0.1, -0.05) is 71.9 Å². The minimum Gasteiger partial charge on any atom is -0.504 e. The van der Waals surface area contributed by atoms with Gasteiger partial charge in [0, 0.05) is 105 Å². The van der Waals surface area contributed by atoms with Crippen LogP contribution in [0.4, 0.5) is 34.1 Å². The summed E-state index contributed by atoms with van der Waals surface area (Å²) >= 11 is 7.72. The second-order valence-corrected chi connectivity index (χ2v) is 53.7. The lowest BCUT2D eigenvalue weighted by Gasteiger charge is -2.26. The van der Waals surface area contributed by atoms with E-state index in [-0.39, 0.29) is 111 Å². The molecule has 17 rings (SSSR count). The number of ether oxygens (including phenoxy) is 1. The number of oxazole rings is 2. The van der Waals surface area contributed by atoms with Gasteiger partial charge in [0.2, 0.25) is 51.9 Å². The van der Waals surface area contributed by atoms with Crippen LogP contribution in [0.15, 0.2) is 210 Å². The number of nitrogens with two attached hydrogens (primary N) is 4. The molecule has 0 bridgehead atoms. The van der Waals surface area contributed by atoms with Gasteiger partial charge < -0.3 is 80.3 Å². The number of fused-ring (bicyclic) bond motifs is 2. The highest BCUT2D eigenvalue weighted by Crippen LogP contribution is 2.44. The molecule has 790 valence electrons. The maximum absolute atomic E-state index is 12.6. The summed E-state index contributed by atoms with van der Waals surface area (Å²) in [5.41, 5.74) is 23.1. The molecule has 145 heavy (non-hydrogen) atoms. The quantitative estimate of drug-likeness (QED) is 0.0111. The number of halogens is 1. The number of nitrogen functional groups attached to an aromatic ring is 1. The van der Waals surface area contributed by atoms with Gasteiger partial charge in [0.15, 0.2) is 28.4 Å². The van der Waals surface area contributed by atoms with E-state index in [2.05, 4.69) is 25.9 Å². The Morgan fingerprint density at radius 2 is 0.752 bits per heavy atom. The standard InChI is InChI=1S/C23H27N3O5S2.C14H16N2O6S.C13H18N2O3S.C11H12ClNO3S.3C10H15NOS.C8H12N2O3S/c1-13-10-11-16(31-13)19(17-8-6-12-32-17)25-21-20(22(27)23(21)28)24-15-7-5-9-18(14(15)2)33(29,30)26(3)4;1-4-22-14-10(12(18)13(14)19)15-8-6-5-7-9(11(8)17)23(20,21)16(2)3;1-13(2,3)12-14-9-7-6-8-10(11(9)18-12)19(16,17)15(4)5;1-11(2,3)10-13-7-5-4-6-8(9(7)16-10)17(12,14)15;3*1-7-4-5-8(12-7)10(11)9-3-2-6-13-9;1-10(2)14(12,13)7-5-3-4-6(9)8(7)11/h5,7,9-11,17,19,24-25H,6,8,12H2,1-4H3;5-7,15,17H,4H2,1-3H3;6-8H,1-5H3;4-6H,1-3H3;3*4-5,9-10H,2-3,6,11H2,1H3;3-5,11H,9H2,1-2H3/t;;;;2*9-,10?;;/m....10../s1. The number of hydrogen-bond donors (Lipinski definition) is 9. The lowest BCUT2D eigenvalue weighted by molar-refractivity contribution is 0.335. The number of para-hydroxylation sites is 4. The van der Waals surface area contributed by atoms with E-state index >= 15 is 0 Å². The summed E-state index contributed by atoms with van der Waals surface area (Å²) in [6.45, 7) is 23.0. The predicted molar refractivity (Wildman–Crippen MR) is 577 cm³/mol. The fourth-order valence-corrected chi connectivity index (χ4v) is 25.5. The van der Waals surface area contributed by atoms with Crippen LogP contribution >= 0.6 is 57.7 Å². The Bertz CT molecular complexity index is 7250. The summed E-state index contributed by atoms with van der Waals surface area (Å²) in [6.07, 6.45) is 9.62. The van der Waals surface area contributed by atoms with E-state index in [1.165, 1.54) is 171 Å². The number of phenols is 2. The van der Waals surface area contributed by atoms with Gasteiger partial charge in [-0.15, -0.1) is 0 Å². The number of nitrogens with one attached hydrogen (secondary N) is 3. The lowest BCUT2D eigenvalue weighted by atomic mass is 9.97. The Morgan fingerprint density at radius 3 is 1.13 bits per heavy atom. The summed E-state index contributed by atoms with van der Waals surface area (Å²) in [6, 6.07) is 38.4. The molecule has 36 nitrogen and oxygen atoms in total. The molecule has 0 spiro atoms. The van der Waals surface area contributed by atoms with E-state index in [0.29, 0.717) is 55.4 Å². The Kier molecular flexibility index (Phi) is 39.9. The van der Waals surface area contributed by atoms with Crippen molar-refractivity contribution in [2.24, 2.45) is 17.2 Å². The molecule has 13 N–H and O–H groups in total. The van der Waals surface area contributed by atoms with Crippen molar-refractivity contribution in [1.82, 2.24) is 27.2 Å². The first-order chi connectivity index (χ1) is 67.8. The highest BCUT2D eigenvalue weighted by molar-refractivity contribution is 8.14. The van der Waals surface area contributed by atoms with Crippen molar-refractivity contribution < 1.29 is 83.5 Å². The summed E-state index contributed by atoms with van der Waals surface area (Å²) in [5, 5.41) is 30.4. The molecule has 8 atom stereocenters. The van der Waals surface area contributed by atoms with E-state index in [4.69, 9.17) is 64.9 Å². The molecule has 46 heteroatoms. The molecule has 6 aromatic heterocycles. The second kappa shape index (κ2) is 49.5. The zero-order valence-electron chi connectivity index (χ0n) is 84.6. The van der Waals surface area contributed by atoms with Crippen LogP contribution in [-0.4, -0.2) is 186 Å². The van der Waals surface area contributed by atoms with Crippen molar-refractivity contribution in [1.29, 1.82) is 0 Å². The van der Waals surface area contributed by atoms with Gasteiger partial charge in [-0.05, 0) is 231 Å². The van der Waals surface area contributed by atoms with Crippen molar-refractivity contribution >= 4 is 163 Å². The largest absolute Gasteiger partial charge is 0.504 e. The number of aromatic nitrogens is 2. The molecule has 7 aromatic carbocycles. The Balaban J connectivity index is 0.000000174. The molecule has 4 aliphatic heterocycles. The smallest absolute Gasteiger partial charge is 0.272 e. The Labute approximate surface area is 868 Å². The number of nitrogens with zero attached hydrogens (tertiary/aromatic N) is 6. The fourth-order valence-electron chi connectivity index (χ4n) is 15.1. The van der Waals surface area contributed by atoms with Crippen LogP contribution < -0.4 is 65.3 Å². The number of sulfonamides is 4. The first-order valence-corrected chi connectivity index (χ1v) is 58.6. The molecular weight excluding hydrogens is 2060 g/mol. The number of benzene rings is 5. The minimum absolute atomic E-state index is 0.0130. The van der Waals surface area contributed by atoms with Gasteiger partial charge in [0.1, 0.15) is 93.8 Å². The van der Waals surface area contributed by atoms with Crippen LogP contribution in [-0.2, 0) is 60.0 Å². The molecule has 0 radical (unpaired) electrons.